The Kier molecular flexibility index (Phi) is 3.66. The average Bonchev–Trinajstić information content (AvgIpc) is 2.39. The van der Waals surface area contributed by atoms with Gasteiger partial charge in [-0.2, -0.15) is 0 Å². The van der Waals surface area contributed by atoms with Gasteiger partial charge in [-0.1, -0.05) is 63.3 Å². The lowest BCUT2D eigenvalue weighted by molar-refractivity contribution is 0.470. The molecule has 0 saturated heterocycles. The summed E-state index contributed by atoms with van der Waals surface area (Å²) < 4.78 is 5.85. The van der Waals surface area contributed by atoms with E-state index in [0.717, 1.165) is 0 Å². The third kappa shape index (κ3) is 2.53. The van der Waals surface area contributed by atoms with Crippen molar-refractivity contribution in [3.05, 3.63) is 53.9 Å². The van der Waals surface area contributed by atoms with Gasteiger partial charge in [0, 0.05) is 12.4 Å². The van der Waals surface area contributed by atoms with Crippen LogP contribution in [0.15, 0.2) is 53.9 Å². The summed E-state index contributed by atoms with van der Waals surface area (Å²) in [6, 6.07) is 10.5. The third-order valence-corrected chi connectivity index (χ3v) is 6.17. The molecule has 2 rings (SSSR count). The molecule has 0 aromatic heterocycles. The van der Waals surface area contributed by atoms with Gasteiger partial charge in [0.1, 0.15) is 0 Å². The highest BCUT2D eigenvalue weighted by molar-refractivity contribution is 7.80. The highest BCUT2D eigenvalue weighted by Gasteiger charge is 2.21. The monoisotopic (exact) mass is 260 g/mol. The summed E-state index contributed by atoms with van der Waals surface area (Å²) in [4.78, 5) is 0. The molecule has 0 bridgehead atoms. The van der Waals surface area contributed by atoms with Gasteiger partial charge in [-0.15, -0.1) is 0 Å². The van der Waals surface area contributed by atoms with Crippen molar-refractivity contribution in [3.63, 3.8) is 0 Å². The molecule has 0 N–H and O–H groups in total. The van der Waals surface area contributed by atoms with Crippen molar-refractivity contribution in [1.82, 2.24) is 0 Å². The van der Waals surface area contributed by atoms with E-state index in [-0.39, 0.29) is 5.41 Å². The summed E-state index contributed by atoms with van der Waals surface area (Å²) in [7, 11) is 0.0908. The van der Waals surface area contributed by atoms with Crippen LogP contribution in [-0.4, -0.2) is 12.9 Å². The lowest BCUT2D eigenvalue weighted by Crippen LogP contribution is -2.12. The Bertz CT molecular complexity index is 530. The van der Waals surface area contributed by atoms with E-state index < -0.39 is 7.11 Å². The molecule has 96 valence electrons. The van der Waals surface area contributed by atoms with Gasteiger partial charge >= 0.3 is 0 Å². The normalized spacial score (nSPS) is 23.4. The van der Waals surface area contributed by atoms with Gasteiger partial charge in [0.15, 0.2) is 0 Å². The van der Waals surface area contributed by atoms with E-state index in [2.05, 4.69) is 68.8 Å². The average molecular weight is 260 g/mol. The van der Waals surface area contributed by atoms with Crippen molar-refractivity contribution in [2.75, 3.05) is 7.11 Å². The van der Waals surface area contributed by atoms with Crippen LogP contribution < -0.4 is 5.30 Å². The summed E-state index contributed by atoms with van der Waals surface area (Å²) in [5.41, 5.74) is 1.54. The molecular weight excluding hydrogens is 239 g/mol. The van der Waals surface area contributed by atoms with Crippen molar-refractivity contribution in [3.8, 4) is 0 Å². The Morgan fingerprint density at radius 2 is 1.72 bits per heavy atom. The fourth-order valence-corrected chi connectivity index (χ4v) is 4.35. The molecule has 0 radical (unpaired) electrons. The number of rotatable bonds is 2. The van der Waals surface area contributed by atoms with Gasteiger partial charge in [-0.3, -0.25) is 0 Å². The fraction of sp³-hybridized carbons (Fsp3) is 0.312. The zero-order chi connectivity index (χ0) is 13.2. The molecule has 1 atom stereocenters. The second-order valence-electron chi connectivity index (χ2n) is 5.56. The van der Waals surface area contributed by atoms with Crippen molar-refractivity contribution in [1.29, 1.82) is 0 Å². The Morgan fingerprint density at radius 3 is 2.17 bits per heavy atom. The van der Waals surface area contributed by atoms with Crippen LogP contribution in [0, 0.1) is 5.41 Å². The molecule has 1 aliphatic rings. The maximum Gasteiger partial charge on any atom is 0.0562 e. The second-order valence-corrected chi connectivity index (χ2v) is 8.46. The molecule has 1 aliphatic heterocycles. The largest absolute Gasteiger partial charge is 0.356 e. The molecule has 18 heavy (non-hydrogen) atoms. The Labute approximate surface area is 110 Å². The van der Waals surface area contributed by atoms with Crippen LogP contribution in [0.2, 0.25) is 0 Å². The molecule has 1 aromatic rings. The lowest BCUT2D eigenvalue weighted by atomic mass is 9.86. The first-order valence-electron chi connectivity index (χ1n) is 6.24. The summed E-state index contributed by atoms with van der Waals surface area (Å²) in [5.74, 6) is 4.51. The maximum absolute atomic E-state index is 5.85. The summed E-state index contributed by atoms with van der Waals surface area (Å²) in [6.45, 7) is 6.70. The van der Waals surface area contributed by atoms with Gasteiger partial charge in [-0.05, 0) is 22.6 Å². The van der Waals surface area contributed by atoms with Crippen molar-refractivity contribution in [2.24, 2.45) is 5.41 Å². The van der Waals surface area contributed by atoms with E-state index in [1.54, 1.807) is 7.11 Å². The van der Waals surface area contributed by atoms with Gasteiger partial charge in [-0.25, -0.2) is 0 Å². The molecule has 0 fully saturated rings. The van der Waals surface area contributed by atoms with Gasteiger partial charge in [0.2, 0.25) is 0 Å². The number of hydrogen-bond acceptors (Lipinski definition) is 1. The van der Waals surface area contributed by atoms with Crippen LogP contribution in [0.1, 0.15) is 20.8 Å². The Hall–Kier alpha value is -1.04. The van der Waals surface area contributed by atoms with Crippen LogP contribution >= 0.6 is 7.11 Å². The maximum atomic E-state index is 5.85. The SMILES string of the molecule is COP1(c2ccccc2)=CC=C(C(C)(C)C)C=C1. The number of allylic oxidation sites excluding steroid dienone is 3. The van der Waals surface area contributed by atoms with E-state index in [1.165, 1.54) is 10.9 Å². The predicted molar refractivity (Wildman–Crippen MR) is 82.7 cm³/mol. The minimum atomic E-state index is -1.71. The van der Waals surface area contributed by atoms with Crippen LogP contribution in [0.5, 0.6) is 0 Å². The highest BCUT2D eigenvalue weighted by Crippen LogP contribution is 2.50. The van der Waals surface area contributed by atoms with Crippen molar-refractivity contribution in [2.45, 2.75) is 20.8 Å². The molecule has 0 amide bonds. The first-order valence-corrected chi connectivity index (χ1v) is 8.08. The Balaban J connectivity index is 2.48. The molecule has 0 aliphatic carbocycles. The molecule has 1 aromatic carbocycles. The third-order valence-electron chi connectivity index (χ3n) is 3.28. The minimum absolute atomic E-state index is 0.188. The van der Waals surface area contributed by atoms with Crippen LogP contribution in [-0.2, 0) is 4.52 Å². The van der Waals surface area contributed by atoms with Crippen molar-refractivity contribution < 1.29 is 4.52 Å². The van der Waals surface area contributed by atoms with E-state index >= 15 is 0 Å². The summed E-state index contributed by atoms with van der Waals surface area (Å²) in [6.07, 6.45) is 4.45. The van der Waals surface area contributed by atoms with E-state index in [0.29, 0.717) is 0 Å². The molecule has 1 unspecified atom stereocenters. The smallest absolute Gasteiger partial charge is 0.0562 e. The van der Waals surface area contributed by atoms with Crippen LogP contribution in [0.3, 0.4) is 0 Å². The minimum Gasteiger partial charge on any atom is -0.356 e. The predicted octanol–water partition coefficient (Wildman–Crippen LogP) is 4.19. The fourth-order valence-electron chi connectivity index (χ4n) is 2.05. The topological polar surface area (TPSA) is 9.23 Å². The van der Waals surface area contributed by atoms with Gasteiger partial charge in [0.05, 0.1) is 7.11 Å². The number of hydrogen-bond donors (Lipinski definition) is 0. The molecule has 1 nitrogen and oxygen atoms in total. The van der Waals surface area contributed by atoms with Crippen LogP contribution in [0.4, 0.5) is 0 Å². The molecular formula is C16H21OP. The lowest BCUT2D eigenvalue weighted by Gasteiger charge is -2.27. The summed E-state index contributed by atoms with van der Waals surface area (Å²) >= 11 is 0. The molecule has 1 heterocycles. The van der Waals surface area contributed by atoms with E-state index in [4.69, 9.17) is 4.52 Å². The van der Waals surface area contributed by atoms with Gasteiger partial charge in [0.25, 0.3) is 0 Å². The molecule has 0 saturated carbocycles. The number of benzene rings is 1. The highest BCUT2D eigenvalue weighted by atomic mass is 31.2. The second kappa shape index (κ2) is 4.91. The first-order chi connectivity index (χ1) is 8.48. The zero-order valence-corrected chi connectivity index (χ0v) is 12.4. The standard InChI is InChI=1S/C16H21OP/c1-16(2,3)14-10-12-18(17-4,13-11-14)15-8-6-5-7-9-15/h5-13H,1-4H3. The molecule has 0 spiro atoms. The zero-order valence-electron chi connectivity index (χ0n) is 11.6. The van der Waals surface area contributed by atoms with Gasteiger partial charge < -0.3 is 4.52 Å². The quantitative estimate of drug-likeness (QED) is 0.724. The molecule has 2 heteroatoms. The van der Waals surface area contributed by atoms with Crippen LogP contribution in [0.25, 0.3) is 0 Å². The summed E-state index contributed by atoms with van der Waals surface area (Å²) in [5, 5.41) is 1.27. The van der Waals surface area contributed by atoms with E-state index in [9.17, 15) is 0 Å². The first kappa shape index (κ1) is 13.4. The Morgan fingerprint density at radius 1 is 1.06 bits per heavy atom. The van der Waals surface area contributed by atoms with Crippen molar-refractivity contribution >= 4 is 18.2 Å². The van der Waals surface area contributed by atoms with E-state index in [1.807, 2.05) is 6.07 Å².